The highest BCUT2D eigenvalue weighted by molar-refractivity contribution is 6.33. The van der Waals surface area contributed by atoms with Crippen LogP contribution in [0.15, 0.2) is 54.6 Å². The molecule has 1 aliphatic heterocycles. The van der Waals surface area contributed by atoms with Crippen LogP contribution in [0, 0.1) is 0 Å². The summed E-state index contributed by atoms with van der Waals surface area (Å²) in [5.41, 5.74) is 3.38. The van der Waals surface area contributed by atoms with Crippen molar-refractivity contribution in [1.82, 2.24) is 4.98 Å². The minimum Gasteiger partial charge on any atom is -0.471 e. The second-order valence-electron chi connectivity index (χ2n) is 7.91. The number of hydrogen-bond donors (Lipinski definition) is 0. The Balaban J connectivity index is 1.99. The van der Waals surface area contributed by atoms with E-state index in [1.807, 2.05) is 68.4 Å². The average molecular weight is 442 g/mol. The molecule has 0 aliphatic carbocycles. The van der Waals surface area contributed by atoms with Gasteiger partial charge < -0.3 is 9.47 Å². The normalized spacial score (nSPS) is 17.0. The fraction of sp³-hybridized carbons (Fsp3) is 0.250. The zero-order valence-electron chi connectivity index (χ0n) is 16.9. The second-order valence-corrected chi connectivity index (χ2v) is 8.75. The molecule has 0 spiro atoms. The number of pyridine rings is 1. The summed E-state index contributed by atoms with van der Waals surface area (Å²) in [6, 6.07) is 17.0. The van der Waals surface area contributed by atoms with Crippen LogP contribution in [-0.4, -0.2) is 23.7 Å². The lowest BCUT2D eigenvalue weighted by Gasteiger charge is -2.36. The van der Waals surface area contributed by atoms with Crippen molar-refractivity contribution in [1.29, 1.82) is 0 Å². The smallest absolute Gasteiger partial charge is 0.313 e. The Kier molecular flexibility index (Phi) is 5.48. The summed E-state index contributed by atoms with van der Waals surface area (Å²) in [5.74, 6) is -0.344. The minimum absolute atomic E-state index is 0.304. The molecule has 0 N–H and O–H groups in total. The Hall–Kier alpha value is -2.56. The van der Waals surface area contributed by atoms with Gasteiger partial charge in [0.2, 0.25) is 5.88 Å². The molecule has 1 aliphatic rings. The van der Waals surface area contributed by atoms with Crippen molar-refractivity contribution >= 4 is 29.2 Å². The number of esters is 1. The van der Waals surface area contributed by atoms with Crippen LogP contribution >= 0.6 is 23.2 Å². The van der Waals surface area contributed by atoms with Crippen LogP contribution < -0.4 is 4.74 Å². The predicted molar refractivity (Wildman–Crippen MR) is 119 cm³/mol. The van der Waals surface area contributed by atoms with Crippen LogP contribution in [-0.2, 0) is 9.53 Å². The Morgan fingerprint density at radius 3 is 2.47 bits per heavy atom. The highest BCUT2D eigenvalue weighted by Gasteiger charge is 2.40. The number of nitrogens with zero attached hydrogens (tertiary/aromatic N) is 1. The molecule has 2 heterocycles. The third-order valence-corrected chi connectivity index (χ3v) is 5.81. The lowest BCUT2D eigenvalue weighted by molar-refractivity contribution is -0.144. The Morgan fingerprint density at radius 1 is 1.10 bits per heavy atom. The Labute approximate surface area is 185 Å². The number of methoxy groups -OCH3 is 1. The van der Waals surface area contributed by atoms with E-state index >= 15 is 0 Å². The second kappa shape index (κ2) is 7.93. The summed E-state index contributed by atoms with van der Waals surface area (Å²) in [4.78, 5) is 17.4. The van der Waals surface area contributed by atoms with Crippen molar-refractivity contribution < 1.29 is 14.3 Å². The molecule has 2 aromatic carbocycles. The summed E-state index contributed by atoms with van der Waals surface area (Å²) in [6.07, 6.45) is 0.500. The number of carbonyl (C=O) groups excluding carboxylic acids is 1. The van der Waals surface area contributed by atoms with Crippen molar-refractivity contribution in [2.75, 3.05) is 7.11 Å². The standard InChI is InChI=1S/C24H21Cl2NO3/c1-24(2)13-19(23(28)29-3)18-12-17(14-8-10-15(25)11-9-14)21(27-22(18)30-24)16-6-4-5-7-20(16)26/h4-12,19H,13H2,1-3H3. The molecule has 0 fully saturated rings. The van der Waals surface area contributed by atoms with Crippen LogP contribution in [0.2, 0.25) is 10.0 Å². The van der Waals surface area contributed by atoms with Crippen molar-refractivity contribution in [3.63, 3.8) is 0 Å². The molecular weight excluding hydrogens is 421 g/mol. The van der Waals surface area contributed by atoms with Crippen LogP contribution in [0.1, 0.15) is 31.7 Å². The molecule has 4 rings (SSSR count). The SMILES string of the molecule is COC(=O)C1CC(C)(C)Oc2nc(-c3ccccc3Cl)c(-c3ccc(Cl)cc3)cc21. The molecule has 1 unspecified atom stereocenters. The molecule has 0 bridgehead atoms. The number of hydrogen-bond acceptors (Lipinski definition) is 4. The fourth-order valence-electron chi connectivity index (χ4n) is 3.81. The van der Waals surface area contributed by atoms with Gasteiger partial charge in [0.15, 0.2) is 0 Å². The maximum atomic E-state index is 12.6. The summed E-state index contributed by atoms with van der Waals surface area (Å²) < 4.78 is 11.2. The van der Waals surface area contributed by atoms with Gasteiger partial charge in [-0.2, -0.15) is 0 Å². The van der Waals surface area contributed by atoms with Crippen molar-refractivity contribution in [2.24, 2.45) is 0 Å². The van der Waals surface area contributed by atoms with Gasteiger partial charge in [0.1, 0.15) is 5.60 Å². The lowest BCUT2D eigenvalue weighted by atomic mass is 9.84. The third kappa shape index (κ3) is 3.90. The number of halogens is 2. The van der Waals surface area contributed by atoms with E-state index in [1.54, 1.807) is 0 Å². The number of benzene rings is 2. The number of fused-ring (bicyclic) bond motifs is 1. The Morgan fingerprint density at radius 2 is 1.80 bits per heavy atom. The molecule has 0 radical (unpaired) electrons. The number of aromatic nitrogens is 1. The summed E-state index contributed by atoms with van der Waals surface area (Å²) in [6.45, 7) is 3.88. The molecule has 154 valence electrons. The molecule has 0 saturated carbocycles. The van der Waals surface area contributed by atoms with Gasteiger partial charge in [-0.25, -0.2) is 4.98 Å². The topological polar surface area (TPSA) is 48.4 Å². The maximum Gasteiger partial charge on any atom is 0.313 e. The molecule has 30 heavy (non-hydrogen) atoms. The quantitative estimate of drug-likeness (QED) is 0.432. The third-order valence-electron chi connectivity index (χ3n) is 5.23. The van der Waals surface area contributed by atoms with E-state index in [-0.39, 0.29) is 5.97 Å². The van der Waals surface area contributed by atoms with Crippen molar-refractivity contribution in [2.45, 2.75) is 31.8 Å². The first-order valence-corrected chi connectivity index (χ1v) is 10.4. The van der Waals surface area contributed by atoms with E-state index in [0.717, 1.165) is 16.7 Å². The summed E-state index contributed by atoms with van der Waals surface area (Å²) in [7, 11) is 1.40. The minimum atomic E-state index is -0.557. The summed E-state index contributed by atoms with van der Waals surface area (Å²) >= 11 is 12.6. The first-order chi connectivity index (χ1) is 14.3. The number of rotatable bonds is 3. The molecule has 4 nitrogen and oxygen atoms in total. The van der Waals surface area contributed by atoms with Gasteiger partial charge in [-0.05, 0) is 43.7 Å². The first kappa shape index (κ1) is 20.7. The van der Waals surface area contributed by atoms with Gasteiger partial charge in [0.05, 0.1) is 18.7 Å². The lowest BCUT2D eigenvalue weighted by Crippen LogP contribution is -2.38. The Bertz CT molecular complexity index is 1110. The molecule has 6 heteroatoms. The molecule has 1 aromatic heterocycles. The predicted octanol–water partition coefficient (Wildman–Crippen LogP) is 6.54. The molecule has 3 aromatic rings. The van der Waals surface area contributed by atoms with E-state index in [4.69, 9.17) is 37.7 Å². The van der Waals surface area contributed by atoms with E-state index in [0.29, 0.717) is 33.6 Å². The van der Waals surface area contributed by atoms with E-state index < -0.39 is 11.5 Å². The van der Waals surface area contributed by atoms with Gasteiger partial charge >= 0.3 is 5.97 Å². The van der Waals surface area contributed by atoms with Gasteiger partial charge in [0.25, 0.3) is 0 Å². The largest absolute Gasteiger partial charge is 0.471 e. The highest BCUT2D eigenvalue weighted by Crippen LogP contribution is 2.45. The van der Waals surface area contributed by atoms with Crippen LogP contribution in [0.4, 0.5) is 0 Å². The van der Waals surface area contributed by atoms with E-state index in [9.17, 15) is 4.79 Å². The molecular formula is C24H21Cl2NO3. The van der Waals surface area contributed by atoms with Gasteiger partial charge in [-0.15, -0.1) is 0 Å². The number of ether oxygens (including phenoxy) is 2. The average Bonchev–Trinajstić information content (AvgIpc) is 2.72. The first-order valence-electron chi connectivity index (χ1n) is 9.62. The molecule has 0 saturated heterocycles. The number of carbonyl (C=O) groups is 1. The monoisotopic (exact) mass is 441 g/mol. The van der Waals surface area contributed by atoms with Crippen molar-refractivity contribution in [3.05, 3.63) is 70.2 Å². The van der Waals surface area contributed by atoms with Crippen LogP contribution in [0.3, 0.4) is 0 Å². The molecule has 0 amide bonds. The summed E-state index contributed by atoms with van der Waals surface area (Å²) in [5, 5.41) is 1.22. The highest BCUT2D eigenvalue weighted by atomic mass is 35.5. The fourth-order valence-corrected chi connectivity index (χ4v) is 4.16. The van der Waals surface area contributed by atoms with Gasteiger partial charge in [-0.1, -0.05) is 53.5 Å². The zero-order valence-corrected chi connectivity index (χ0v) is 18.4. The van der Waals surface area contributed by atoms with E-state index in [1.165, 1.54) is 7.11 Å². The van der Waals surface area contributed by atoms with Crippen molar-refractivity contribution in [3.8, 4) is 28.3 Å². The maximum absolute atomic E-state index is 12.6. The zero-order chi connectivity index (χ0) is 21.5. The van der Waals surface area contributed by atoms with Gasteiger partial charge in [0, 0.05) is 33.2 Å². The van der Waals surface area contributed by atoms with Crippen LogP contribution in [0.5, 0.6) is 5.88 Å². The van der Waals surface area contributed by atoms with Crippen LogP contribution in [0.25, 0.3) is 22.4 Å². The van der Waals surface area contributed by atoms with E-state index in [2.05, 4.69) is 0 Å². The molecule has 1 atom stereocenters. The van der Waals surface area contributed by atoms with Gasteiger partial charge in [-0.3, -0.25) is 4.79 Å².